The molecule has 0 N–H and O–H groups in total. The number of Topliss-reactive ketones (excluding diaryl/α,β-unsaturated/α-hetero) is 1. The molecule has 0 saturated carbocycles. The van der Waals surface area contributed by atoms with E-state index in [9.17, 15) is 9.18 Å². The smallest absolute Gasteiger partial charge is 0.231 e. The van der Waals surface area contributed by atoms with Gasteiger partial charge in [-0.3, -0.25) is 4.79 Å². The number of hydrogen-bond acceptors (Lipinski definition) is 4. The highest BCUT2D eigenvalue weighted by Gasteiger charge is 2.30. The third kappa shape index (κ3) is 3.72. The maximum atomic E-state index is 13.0. The number of fused-ring (bicyclic) bond motifs is 1. The van der Waals surface area contributed by atoms with Gasteiger partial charge in [0.05, 0.1) is 12.7 Å². The zero-order chi connectivity index (χ0) is 20.4. The SMILES string of the molecule is COc1ccccc1/C=C1\Oc2c(ccc(OCc3ccc(F)cc3)c2C)C1=O. The Bertz CT molecular complexity index is 1100. The molecule has 29 heavy (non-hydrogen) atoms. The van der Waals surface area contributed by atoms with Crippen LogP contribution in [-0.2, 0) is 6.61 Å². The first-order valence-corrected chi connectivity index (χ1v) is 9.15. The Morgan fingerprint density at radius 1 is 1.00 bits per heavy atom. The minimum Gasteiger partial charge on any atom is -0.496 e. The summed E-state index contributed by atoms with van der Waals surface area (Å²) in [6, 6.07) is 17.0. The number of ketones is 1. The largest absolute Gasteiger partial charge is 0.496 e. The van der Waals surface area contributed by atoms with Crippen LogP contribution in [0.3, 0.4) is 0 Å². The van der Waals surface area contributed by atoms with Crippen LogP contribution in [0, 0.1) is 12.7 Å². The minimum atomic E-state index is -0.288. The van der Waals surface area contributed by atoms with Crippen LogP contribution < -0.4 is 14.2 Å². The van der Waals surface area contributed by atoms with Crippen LogP contribution >= 0.6 is 0 Å². The topological polar surface area (TPSA) is 44.8 Å². The Morgan fingerprint density at radius 2 is 1.76 bits per heavy atom. The average Bonchev–Trinajstić information content (AvgIpc) is 3.05. The molecule has 0 atom stereocenters. The molecule has 0 aromatic heterocycles. The summed E-state index contributed by atoms with van der Waals surface area (Å²) >= 11 is 0. The summed E-state index contributed by atoms with van der Waals surface area (Å²) < 4.78 is 30.1. The van der Waals surface area contributed by atoms with Gasteiger partial charge < -0.3 is 14.2 Å². The van der Waals surface area contributed by atoms with Crippen LogP contribution in [0.15, 0.2) is 66.4 Å². The van der Waals surface area contributed by atoms with Crippen molar-refractivity contribution in [1.29, 1.82) is 0 Å². The number of benzene rings is 3. The lowest BCUT2D eigenvalue weighted by Crippen LogP contribution is -1.98. The van der Waals surface area contributed by atoms with Crippen molar-refractivity contribution in [1.82, 2.24) is 0 Å². The molecule has 0 spiro atoms. The van der Waals surface area contributed by atoms with Gasteiger partial charge in [0.2, 0.25) is 5.78 Å². The normalized spacial score (nSPS) is 13.9. The van der Waals surface area contributed by atoms with Gasteiger partial charge in [-0.25, -0.2) is 4.39 Å². The lowest BCUT2D eigenvalue weighted by atomic mass is 10.1. The highest BCUT2D eigenvalue weighted by molar-refractivity contribution is 6.15. The number of halogens is 1. The Kier molecular flexibility index (Phi) is 5.04. The van der Waals surface area contributed by atoms with E-state index in [1.165, 1.54) is 12.1 Å². The lowest BCUT2D eigenvalue weighted by Gasteiger charge is -2.11. The molecule has 146 valence electrons. The fourth-order valence-electron chi connectivity index (χ4n) is 3.19. The van der Waals surface area contributed by atoms with E-state index in [-0.39, 0.29) is 24.0 Å². The number of methoxy groups -OCH3 is 1. The van der Waals surface area contributed by atoms with Gasteiger partial charge >= 0.3 is 0 Å². The second-order valence-electron chi connectivity index (χ2n) is 6.66. The standard InChI is InChI=1S/C24H19FO4/c1-15-20(28-14-16-7-9-18(25)10-8-16)12-11-19-23(26)22(29-24(15)19)13-17-5-3-4-6-21(17)27-2/h3-13H,14H2,1-2H3/b22-13-. The molecule has 1 aliphatic heterocycles. The Morgan fingerprint density at radius 3 is 2.52 bits per heavy atom. The van der Waals surface area contributed by atoms with Crippen LogP contribution in [-0.4, -0.2) is 12.9 Å². The van der Waals surface area contributed by atoms with E-state index >= 15 is 0 Å². The Labute approximate surface area is 168 Å². The summed E-state index contributed by atoms with van der Waals surface area (Å²) in [5.41, 5.74) is 2.84. The number of carbonyl (C=O) groups excluding carboxylic acids is 1. The lowest BCUT2D eigenvalue weighted by molar-refractivity contribution is 0.101. The third-order valence-electron chi connectivity index (χ3n) is 4.77. The predicted octanol–water partition coefficient (Wildman–Crippen LogP) is 5.34. The first-order valence-electron chi connectivity index (χ1n) is 9.15. The van der Waals surface area contributed by atoms with Crippen LogP contribution in [0.25, 0.3) is 6.08 Å². The number of carbonyl (C=O) groups is 1. The second-order valence-corrected chi connectivity index (χ2v) is 6.66. The van der Waals surface area contributed by atoms with E-state index in [0.717, 1.165) is 16.7 Å². The van der Waals surface area contributed by atoms with Gasteiger partial charge in [-0.05, 0) is 48.9 Å². The van der Waals surface area contributed by atoms with Crippen molar-refractivity contribution in [3.63, 3.8) is 0 Å². The highest BCUT2D eigenvalue weighted by Crippen LogP contribution is 2.40. The van der Waals surface area contributed by atoms with Crippen LogP contribution in [0.1, 0.15) is 27.0 Å². The van der Waals surface area contributed by atoms with Crippen molar-refractivity contribution in [2.45, 2.75) is 13.5 Å². The first kappa shape index (κ1) is 18.7. The quantitative estimate of drug-likeness (QED) is 0.552. The van der Waals surface area contributed by atoms with Gasteiger partial charge in [0.25, 0.3) is 0 Å². The summed E-state index contributed by atoms with van der Waals surface area (Å²) in [5, 5.41) is 0. The summed E-state index contributed by atoms with van der Waals surface area (Å²) in [6.07, 6.45) is 1.68. The molecular weight excluding hydrogens is 371 g/mol. The maximum absolute atomic E-state index is 13.0. The third-order valence-corrected chi connectivity index (χ3v) is 4.77. The summed E-state index contributed by atoms with van der Waals surface area (Å²) in [6.45, 7) is 2.13. The zero-order valence-electron chi connectivity index (χ0n) is 16.1. The number of para-hydroxylation sites is 1. The molecule has 4 rings (SSSR count). The molecule has 0 aliphatic carbocycles. The molecule has 4 nitrogen and oxygen atoms in total. The number of rotatable bonds is 5. The molecule has 0 saturated heterocycles. The molecule has 3 aromatic carbocycles. The molecule has 3 aromatic rings. The average molecular weight is 390 g/mol. The second kappa shape index (κ2) is 7.80. The van der Waals surface area contributed by atoms with Gasteiger partial charge in [-0.2, -0.15) is 0 Å². The van der Waals surface area contributed by atoms with Gasteiger partial charge in [0.1, 0.15) is 29.7 Å². The number of ether oxygens (including phenoxy) is 3. The molecule has 0 unspecified atom stereocenters. The zero-order valence-corrected chi connectivity index (χ0v) is 16.1. The van der Waals surface area contributed by atoms with Crippen molar-refractivity contribution in [2.75, 3.05) is 7.11 Å². The van der Waals surface area contributed by atoms with E-state index in [2.05, 4.69) is 0 Å². The van der Waals surface area contributed by atoms with E-state index < -0.39 is 0 Å². The van der Waals surface area contributed by atoms with Crippen molar-refractivity contribution < 1.29 is 23.4 Å². The van der Waals surface area contributed by atoms with E-state index in [1.807, 2.05) is 31.2 Å². The van der Waals surface area contributed by atoms with Crippen molar-refractivity contribution in [3.8, 4) is 17.2 Å². The Balaban J connectivity index is 1.58. The molecule has 0 fully saturated rings. The first-order chi connectivity index (χ1) is 14.1. The van der Waals surface area contributed by atoms with E-state index in [4.69, 9.17) is 14.2 Å². The van der Waals surface area contributed by atoms with E-state index in [1.54, 1.807) is 37.5 Å². The summed E-state index contributed by atoms with van der Waals surface area (Å²) in [4.78, 5) is 12.8. The molecular formula is C24H19FO4. The minimum absolute atomic E-state index is 0.181. The van der Waals surface area contributed by atoms with Gasteiger partial charge in [0, 0.05) is 11.1 Å². The maximum Gasteiger partial charge on any atom is 0.231 e. The van der Waals surface area contributed by atoms with Crippen LogP contribution in [0.2, 0.25) is 0 Å². The van der Waals surface area contributed by atoms with Crippen LogP contribution in [0.5, 0.6) is 17.2 Å². The fraction of sp³-hybridized carbons (Fsp3) is 0.125. The monoisotopic (exact) mass is 390 g/mol. The van der Waals surface area contributed by atoms with Crippen molar-refractivity contribution in [3.05, 3.63) is 94.5 Å². The number of allylic oxidation sites excluding steroid dienone is 1. The van der Waals surface area contributed by atoms with E-state index in [0.29, 0.717) is 22.8 Å². The summed E-state index contributed by atoms with van der Waals surface area (Å²) in [5.74, 6) is 1.53. The van der Waals surface area contributed by atoms with Crippen molar-refractivity contribution >= 4 is 11.9 Å². The molecule has 0 radical (unpaired) electrons. The van der Waals surface area contributed by atoms with Crippen molar-refractivity contribution in [2.24, 2.45) is 0 Å². The predicted molar refractivity (Wildman–Crippen MR) is 108 cm³/mol. The summed E-state index contributed by atoms with van der Waals surface area (Å²) in [7, 11) is 1.58. The molecule has 1 aliphatic rings. The van der Waals surface area contributed by atoms with Gasteiger partial charge in [0.15, 0.2) is 5.76 Å². The molecule has 1 heterocycles. The molecule has 0 amide bonds. The van der Waals surface area contributed by atoms with Gasteiger partial charge in [-0.15, -0.1) is 0 Å². The number of hydrogen-bond donors (Lipinski definition) is 0. The molecule has 0 bridgehead atoms. The fourth-order valence-corrected chi connectivity index (χ4v) is 3.19. The van der Waals surface area contributed by atoms with Gasteiger partial charge in [-0.1, -0.05) is 30.3 Å². The Hall–Kier alpha value is -3.60. The highest BCUT2D eigenvalue weighted by atomic mass is 19.1. The molecule has 5 heteroatoms. The van der Waals surface area contributed by atoms with Crippen LogP contribution in [0.4, 0.5) is 4.39 Å².